The largest absolute Gasteiger partial charge is 0.481 e. The predicted molar refractivity (Wildman–Crippen MR) is 71.7 cm³/mol. The van der Waals surface area contributed by atoms with Gasteiger partial charge in [0.05, 0.1) is 0 Å². The molecule has 0 aromatic rings. The molecule has 0 bridgehead atoms. The van der Waals surface area contributed by atoms with Gasteiger partial charge in [0.2, 0.25) is 5.91 Å². The summed E-state index contributed by atoms with van der Waals surface area (Å²) in [6.45, 7) is 0.365. The van der Waals surface area contributed by atoms with Crippen LogP contribution in [0.4, 0.5) is 0 Å². The van der Waals surface area contributed by atoms with Gasteiger partial charge in [-0.25, -0.2) is 0 Å². The molecule has 2 atom stereocenters. The fourth-order valence-electron chi connectivity index (χ4n) is 4.04. The fraction of sp³-hybridized carbons (Fsp3) is 0.769. The molecule has 2 aliphatic heterocycles. The lowest BCUT2D eigenvalue weighted by Crippen LogP contribution is -2.59. The minimum atomic E-state index is -1.44. The third-order valence-corrected chi connectivity index (χ3v) is 6.35. The lowest BCUT2D eigenvalue weighted by atomic mass is 9.63. The monoisotopic (exact) mass is 319 g/mol. The summed E-state index contributed by atoms with van der Waals surface area (Å²) in [5.41, 5.74) is -1.08. The SMILES string of the molecule is O=C(O)CCC12CCC(=O)N1CC1(CC(=O)C1(Cl)Cl)C2. The molecule has 2 heterocycles. The highest BCUT2D eigenvalue weighted by atomic mass is 35.5. The number of hydrogen-bond acceptors (Lipinski definition) is 3. The standard InChI is InChI=1S/C13H15Cl2NO4/c14-13(15)8(17)5-11(13)6-12(4-2-10(19)20)3-1-9(18)16(12)7-11/h1-7H2,(H,19,20). The summed E-state index contributed by atoms with van der Waals surface area (Å²) in [4.78, 5) is 36.2. The predicted octanol–water partition coefficient (Wildman–Crippen LogP) is 1.75. The van der Waals surface area contributed by atoms with Crippen LogP contribution in [0.1, 0.15) is 38.5 Å². The van der Waals surface area contributed by atoms with E-state index in [9.17, 15) is 14.4 Å². The number of carbonyl (C=O) groups is 3. The number of amides is 1. The van der Waals surface area contributed by atoms with Gasteiger partial charge in [-0.1, -0.05) is 23.2 Å². The minimum absolute atomic E-state index is 0.00534. The molecule has 0 aromatic heterocycles. The van der Waals surface area contributed by atoms with Gasteiger partial charge in [-0.05, 0) is 19.3 Å². The van der Waals surface area contributed by atoms with Crippen LogP contribution in [0.15, 0.2) is 0 Å². The zero-order valence-electron chi connectivity index (χ0n) is 10.8. The first-order chi connectivity index (χ1) is 9.22. The molecule has 2 saturated heterocycles. The second-order valence-electron chi connectivity index (χ2n) is 6.23. The summed E-state index contributed by atoms with van der Waals surface area (Å²) in [6.07, 6.45) is 2.26. The van der Waals surface area contributed by atoms with Crippen LogP contribution in [0, 0.1) is 5.41 Å². The Labute approximate surface area is 126 Å². The second kappa shape index (κ2) is 4.10. The summed E-state index contributed by atoms with van der Waals surface area (Å²) in [6, 6.07) is 0. The van der Waals surface area contributed by atoms with Gasteiger partial charge < -0.3 is 10.0 Å². The number of carbonyl (C=O) groups excluding carboxylic acids is 2. The van der Waals surface area contributed by atoms with Crippen molar-refractivity contribution in [3.8, 4) is 0 Å². The number of carboxylic acid groups (broad SMARTS) is 1. The number of nitrogens with zero attached hydrogens (tertiary/aromatic N) is 1. The number of alkyl halides is 2. The van der Waals surface area contributed by atoms with Gasteiger partial charge in [0.1, 0.15) is 0 Å². The van der Waals surface area contributed by atoms with Crippen LogP contribution >= 0.6 is 23.2 Å². The molecule has 5 nitrogen and oxygen atoms in total. The lowest BCUT2D eigenvalue weighted by Gasteiger charge is -2.48. The molecule has 1 saturated carbocycles. The molecule has 1 amide bonds. The van der Waals surface area contributed by atoms with Crippen LogP contribution < -0.4 is 0 Å². The first-order valence-corrected chi connectivity index (χ1v) is 7.42. The molecular weight excluding hydrogens is 305 g/mol. The van der Waals surface area contributed by atoms with Gasteiger partial charge in [0, 0.05) is 36.8 Å². The van der Waals surface area contributed by atoms with E-state index in [0.717, 1.165) is 0 Å². The van der Waals surface area contributed by atoms with E-state index in [0.29, 0.717) is 32.2 Å². The van der Waals surface area contributed by atoms with Crippen molar-refractivity contribution in [3.63, 3.8) is 0 Å². The maximum absolute atomic E-state index is 12.0. The van der Waals surface area contributed by atoms with E-state index < -0.39 is 21.3 Å². The molecule has 3 fully saturated rings. The Balaban J connectivity index is 1.88. The number of hydrogen-bond donors (Lipinski definition) is 1. The summed E-state index contributed by atoms with van der Waals surface area (Å²) < 4.78 is -1.44. The van der Waals surface area contributed by atoms with Crippen molar-refractivity contribution in [2.75, 3.05) is 6.54 Å². The van der Waals surface area contributed by atoms with E-state index in [1.807, 2.05) is 0 Å². The Bertz CT molecular complexity index is 521. The summed E-state index contributed by atoms with van der Waals surface area (Å²) in [5.74, 6) is -1.08. The first kappa shape index (κ1) is 14.1. The van der Waals surface area contributed by atoms with Crippen LogP contribution in [0.2, 0.25) is 0 Å². The zero-order chi connectivity index (χ0) is 14.8. The molecule has 0 aromatic carbocycles. The first-order valence-electron chi connectivity index (χ1n) is 6.66. The van der Waals surface area contributed by atoms with E-state index in [-0.39, 0.29) is 24.5 Å². The summed E-state index contributed by atoms with van der Waals surface area (Å²) in [5, 5.41) is 8.89. The second-order valence-corrected chi connectivity index (χ2v) is 7.56. The number of Topliss-reactive ketones (excluding diaryl/α,β-unsaturated/α-hetero) is 1. The van der Waals surface area contributed by atoms with E-state index in [1.54, 1.807) is 4.90 Å². The molecular formula is C13H15Cl2NO4. The average molecular weight is 320 g/mol. The normalized spacial score (nSPS) is 38.2. The fourth-order valence-corrected chi connectivity index (χ4v) is 4.56. The Morgan fingerprint density at radius 1 is 1.35 bits per heavy atom. The van der Waals surface area contributed by atoms with Crippen LogP contribution in [0.25, 0.3) is 0 Å². The maximum Gasteiger partial charge on any atom is 0.303 e. The molecule has 0 radical (unpaired) electrons. The van der Waals surface area contributed by atoms with Gasteiger partial charge in [-0.2, -0.15) is 0 Å². The topological polar surface area (TPSA) is 74.7 Å². The Kier molecular flexibility index (Phi) is 2.90. The molecule has 20 heavy (non-hydrogen) atoms. The van der Waals surface area contributed by atoms with Crippen LogP contribution in [-0.2, 0) is 14.4 Å². The third kappa shape index (κ3) is 1.65. The van der Waals surface area contributed by atoms with E-state index in [4.69, 9.17) is 28.3 Å². The Morgan fingerprint density at radius 3 is 2.60 bits per heavy atom. The van der Waals surface area contributed by atoms with E-state index in [1.165, 1.54) is 0 Å². The highest BCUT2D eigenvalue weighted by molar-refractivity contribution is 6.61. The molecule has 7 heteroatoms. The van der Waals surface area contributed by atoms with Gasteiger partial charge in [-0.3, -0.25) is 14.4 Å². The Morgan fingerprint density at radius 2 is 2.05 bits per heavy atom. The van der Waals surface area contributed by atoms with Crippen molar-refractivity contribution < 1.29 is 19.5 Å². The number of rotatable bonds is 3. The van der Waals surface area contributed by atoms with Crippen LogP contribution in [-0.4, -0.2) is 44.1 Å². The summed E-state index contributed by atoms with van der Waals surface area (Å²) >= 11 is 12.3. The highest BCUT2D eigenvalue weighted by Crippen LogP contribution is 2.65. The van der Waals surface area contributed by atoms with Crippen molar-refractivity contribution in [1.82, 2.24) is 4.90 Å². The molecule has 1 aliphatic carbocycles. The number of fused-ring (bicyclic) bond motifs is 1. The van der Waals surface area contributed by atoms with Gasteiger partial charge in [0.25, 0.3) is 0 Å². The third-order valence-electron chi connectivity index (χ3n) is 5.13. The lowest BCUT2D eigenvalue weighted by molar-refractivity contribution is -0.138. The summed E-state index contributed by atoms with van der Waals surface area (Å²) in [7, 11) is 0. The van der Waals surface area contributed by atoms with Gasteiger partial charge in [0.15, 0.2) is 10.1 Å². The van der Waals surface area contributed by atoms with Crippen molar-refractivity contribution in [2.45, 2.75) is 48.4 Å². The van der Waals surface area contributed by atoms with Crippen molar-refractivity contribution in [2.24, 2.45) is 5.41 Å². The molecule has 1 N–H and O–H groups in total. The molecule has 2 unspecified atom stereocenters. The number of aliphatic carboxylic acids is 1. The van der Waals surface area contributed by atoms with E-state index in [2.05, 4.69) is 0 Å². The minimum Gasteiger partial charge on any atom is -0.481 e. The molecule has 3 rings (SSSR count). The van der Waals surface area contributed by atoms with Crippen molar-refractivity contribution in [3.05, 3.63) is 0 Å². The van der Waals surface area contributed by atoms with Crippen LogP contribution in [0.5, 0.6) is 0 Å². The Hall–Kier alpha value is -0.810. The number of halogens is 2. The smallest absolute Gasteiger partial charge is 0.303 e. The number of carboxylic acids is 1. The highest BCUT2D eigenvalue weighted by Gasteiger charge is 2.72. The van der Waals surface area contributed by atoms with Crippen molar-refractivity contribution in [1.29, 1.82) is 0 Å². The zero-order valence-corrected chi connectivity index (χ0v) is 12.3. The molecule has 3 aliphatic rings. The van der Waals surface area contributed by atoms with E-state index >= 15 is 0 Å². The van der Waals surface area contributed by atoms with Crippen molar-refractivity contribution >= 4 is 40.9 Å². The average Bonchev–Trinajstić information content (AvgIpc) is 2.85. The molecule has 110 valence electrons. The maximum atomic E-state index is 12.0. The van der Waals surface area contributed by atoms with Crippen LogP contribution in [0.3, 0.4) is 0 Å². The quantitative estimate of drug-likeness (QED) is 0.804. The number of ketones is 1. The van der Waals surface area contributed by atoms with Gasteiger partial charge >= 0.3 is 5.97 Å². The molecule has 1 spiro atoms. The van der Waals surface area contributed by atoms with Gasteiger partial charge in [-0.15, -0.1) is 0 Å².